The highest BCUT2D eigenvalue weighted by Crippen LogP contribution is 2.18. The molecule has 3 rings (SSSR count). The van der Waals surface area contributed by atoms with Crippen molar-refractivity contribution in [1.82, 2.24) is 19.4 Å². The fourth-order valence-electron chi connectivity index (χ4n) is 2.47. The molecule has 2 heterocycles. The Morgan fingerprint density at radius 2 is 2.10 bits per heavy atom. The first-order chi connectivity index (χ1) is 9.86. The van der Waals surface area contributed by atoms with Gasteiger partial charge in [0.05, 0.1) is 6.33 Å². The Morgan fingerprint density at radius 3 is 2.90 bits per heavy atom. The minimum Gasteiger partial charge on any atom is -0.346 e. The predicted octanol–water partition coefficient (Wildman–Crippen LogP) is 2.65. The number of nitrogens with one attached hydrogen (secondary N) is 1. The van der Waals surface area contributed by atoms with E-state index in [1.807, 2.05) is 18.7 Å². The molecule has 1 aromatic carbocycles. The maximum absolute atomic E-state index is 4.07. The van der Waals surface area contributed by atoms with Crippen LogP contribution < -0.4 is 5.32 Å². The fourth-order valence-corrected chi connectivity index (χ4v) is 2.47. The summed E-state index contributed by atoms with van der Waals surface area (Å²) in [6.45, 7) is 5.98. The van der Waals surface area contributed by atoms with Gasteiger partial charge in [0.25, 0.3) is 0 Å². The third kappa shape index (κ3) is 2.75. The zero-order valence-corrected chi connectivity index (χ0v) is 11.8. The normalized spacial score (nSPS) is 11.2. The lowest BCUT2D eigenvalue weighted by molar-refractivity contribution is 0.592. The summed E-state index contributed by atoms with van der Waals surface area (Å²) in [7, 11) is 0. The number of benzene rings is 1. The summed E-state index contributed by atoms with van der Waals surface area (Å²) in [4.78, 5) is 4.07. The minimum absolute atomic E-state index is 0.937. The molecule has 3 aromatic rings. The van der Waals surface area contributed by atoms with Gasteiger partial charge in [0, 0.05) is 43.7 Å². The van der Waals surface area contributed by atoms with Gasteiger partial charge in [-0.05, 0) is 35.7 Å². The van der Waals surface area contributed by atoms with Crippen molar-refractivity contribution < 1.29 is 0 Å². The quantitative estimate of drug-likeness (QED) is 0.746. The van der Waals surface area contributed by atoms with E-state index in [-0.39, 0.29) is 0 Å². The van der Waals surface area contributed by atoms with Crippen LogP contribution in [0.15, 0.2) is 49.2 Å². The van der Waals surface area contributed by atoms with Crippen LogP contribution in [0, 0.1) is 0 Å². The van der Waals surface area contributed by atoms with E-state index in [2.05, 4.69) is 56.8 Å². The van der Waals surface area contributed by atoms with Crippen LogP contribution in [-0.2, 0) is 19.6 Å². The Hall–Kier alpha value is -2.07. The number of aryl methyl sites for hydroxylation is 2. The zero-order valence-electron chi connectivity index (χ0n) is 11.8. The molecule has 0 unspecified atom stereocenters. The molecule has 0 aliphatic rings. The van der Waals surface area contributed by atoms with Crippen molar-refractivity contribution in [3.8, 4) is 0 Å². The van der Waals surface area contributed by atoms with Gasteiger partial charge in [0.1, 0.15) is 0 Å². The number of imidazole rings is 1. The van der Waals surface area contributed by atoms with Gasteiger partial charge in [0.15, 0.2) is 0 Å². The molecule has 0 bridgehead atoms. The van der Waals surface area contributed by atoms with E-state index in [9.17, 15) is 0 Å². The third-order valence-electron chi connectivity index (χ3n) is 3.57. The highest BCUT2D eigenvalue weighted by molar-refractivity contribution is 5.80. The molecule has 0 spiro atoms. The lowest BCUT2D eigenvalue weighted by Gasteiger charge is -2.07. The van der Waals surface area contributed by atoms with E-state index in [1.165, 1.54) is 16.5 Å². The summed E-state index contributed by atoms with van der Waals surface area (Å²) < 4.78 is 4.40. The van der Waals surface area contributed by atoms with E-state index in [4.69, 9.17) is 0 Å². The first-order valence-corrected chi connectivity index (χ1v) is 7.11. The van der Waals surface area contributed by atoms with Gasteiger partial charge in [-0.1, -0.05) is 13.0 Å². The van der Waals surface area contributed by atoms with Crippen molar-refractivity contribution in [2.45, 2.75) is 26.6 Å². The molecule has 2 aromatic heterocycles. The highest BCUT2D eigenvalue weighted by atomic mass is 15.1. The van der Waals surface area contributed by atoms with Crippen molar-refractivity contribution in [3.05, 3.63) is 54.7 Å². The SMILES string of the molecule is CCNCc1ccc2c(ccn2CCn2ccnc2)c1. The smallest absolute Gasteiger partial charge is 0.0946 e. The van der Waals surface area contributed by atoms with Gasteiger partial charge >= 0.3 is 0 Å². The van der Waals surface area contributed by atoms with Crippen molar-refractivity contribution in [3.63, 3.8) is 0 Å². The summed E-state index contributed by atoms with van der Waals surface area (Å²) in [5.41, 5.74) is 2.64. The second kappa shape index (κ2) is 5.92. The fraction of sp³-hybridized carbons (Fsp3) is 0.312. The van der Waals surface area contributed by atoms with Crippen LogP contribution in [0.1, 0.15) is 12.5 Å². The van der Waals surface area contributed by atoms with Crippen LogP contribution in [0.25, 0.3) is 10.9 Å². The van der Waals surface area contributed by atoms with Gasteiger partial charge in [-0.25, -0.2) is 4.98 Å². The highest BCUT2D eigenvalue weighted by Gasteiger charge is 2.02. The van der Waals surface area contributed by atoms with Gasteiger partial charge in [-0.2, -0.15) is 0 Å². The molecular formula is C16H20N4. The Morgan fingerprint density at radius 1 is 1.15 bits per heavy atom. The molecule has 0 fully saturated rings. The molecule has 0 saturated heterocycles. The Labute approximate surface area is 119 Å². The van der Waals surface area contributed by atoms with Gasteiger partial charge in [0.2, 0.25) is 0 Å². The largest absolute Gasteiger partial charge is 0.346 e. The maximum atomic E-state index is 4.07. The molecule has 0 radical (unpaired) electrons. The second-order valence-electron chi connectivity index (χ2n) is 4.98. The van der Waals surface area contributed by atoms with E-state index in [0.29, 0.717) is 0 Å². The van der Waals surface area contributed by atoms with Crippen LogP contribution >= 0.6 is 0 Å². The predicted molar refractivity (Wildman–Crippen MR) is 81.5 cm³/mol. The average Bonchev–Trinajstić information content (AvgIpc) is 3.12. The molecule has 104 valence electrons. The van der Waals surface area contributed by atoms with Crippen molar-refractivity contribution >= 4 is 10.9 Å². The molecule has 0 saturated carbocycles. The van der Waals surface area contributed by atoms with E-state index >= 15 is 0 Å². The van der Waals surface area contributed by atoms with Crippen molar-refractivity contribution in [2.75, 3.05) is 6.54 Å². The summed E-state index contributed by atoms with van der Waals surface area (Å²) in [5.74, 6) is 0. The first kappa shape index (κ1) is 12.9. The molecule has 1 N–H and O–H groups in total. The van der Waals surface area contributed by atoms with Gasteiger partial charge in [-0.3, -0.25) is 0 Å². The number of nitrogens with zero attached hydrogens (tertiary/aromatic N) is 3. The molecule has 0 aliphatic heterocycles. The Balaban J connectivity index is 1.75. The maximum Gasteiger partial charge on any atom is 0.0946 e. The van der Waals surface area contributed by atoms with Crippen molar-refractivity contribution in [1.29, 1.82) is 0 Å². The van der Waals surface area contributed by atoms with Gasteiger partial charge < -0.3 is 14.5 Å². The van der Waals surface area contributed by atoms with E-state index in [1.54, 1.807) is 0 Å². The molecule has 0 aliphatic carbocycles. The topological polar surface area (TPSA) is 34.8 Å². The summed E-state index contributed by atoms with van der Waals surface area (Å²) in [6, 6.07) is 8.89. The number of rotatable bonds is 6. The van der Waals surface area contributed by atoms with Crippen molar-refractivity contribution in [2.24, 2.45) is 0 Å². The third-order valence-corrected chi connectivity index (χ3v) is 3.57. The van der Waals surface area contributed by atoms with Gasteiger partial charge in [-0.15, -0.1) is 0 Å². The molecule has 20 heavy (non-hydrogen) atoms. The Kier molecular flexibility index (Phi) is 3.83. The number of aromatic nitrogens is 3. The molecule has 4 heteroatoms. The Bertz CT molecular complexity index is 667. The summed E-state index contributed by atoms with van der Waals surface area (Å²) in [5, 5.41) is 4.67. The lowest BCUT2D eigenvalue weighted by atomic mass is 10.1. The molecule has 4 nitrogen and oxygen atoms in total. The summed E-state index contributed by atoms with van der Waals surface area (Å²) in [6.07, 6.45) is 7.85. The van der Waals surface area contributed by atoms with Crippen LogP contribution in [0.3, 0.4) is 0 Å². The average molecular weight is 268 g/mol. The monoisotopic (exact) mass is 268 g/mol. The first-order valence-electron chi connectivity index (χ1n) is 7.11. The van der Waals surface area contributed by atoms with Crippen LogP contribution in [-0.4, -0.2) is 20.7 Å². The van der Waals surface area contributed by atoms with Crippen LogP contribution in [0.4, 0.5) is 0 Å². The standard InChI is InChI=1S/C16H20N4/c1-2-17-12-14-3-4-16-15(11-14)5-7-20(16)10-9-19-8-6-18-13-19/h3-8,11,13,17H,2,9-10,12H2,1H3. The number of hydrogen-bond acceptors (Lipinski definition) is 2. The number of hydrogen-bond donors (Lipinski definition) is 1. The van der Waals surface area contributed by atoms with E-state index < -0.39 is 0 Å². The lowest BCUT2D eigenvalue weighted by Crippen LogP contribution is -2.11. The number of fused-ring (bicyclic) bond motifs is 1. The molecule has 0 amide bonds. The summed E-state index contributed by atoms with van der Waals surface area (Å²) >= 11 is 0. The molecular weight excluding hydrogens is 248 g/mol. The molecule has 0 atom stereocenters. The van der Waals surface area contributed by atoms with E-state index in [0.717, 1.165) is 26.2 Å². The second-order valence-corrected chi connectivity index (χ2v) is 4.98. The minimum atomic E-state index is 0.937. The van der Waals surface area contributed by atoms with Crippen LogP contribution in [0.5, 0.6) is 0 Å². The zero-order chi connectivity index (χ0) is 13.8. The van der Waals surface area contributed by atoms with Crippen LogP contribution in [0.2, 0.25) is 0 Å².